The average Bonchev–Trinajstić information content (AvgIpc) is 1.72. The third kappa shape index (κ3) is 11.3. The van der Waals surface area contributed by atoms with E-state index in [-0.39, 0.29) is 0 Å². The second-order valence-corrected chi connectivity index (χ2v) is 33.6. The lowest BCUT2D eigenvalue weighted by molar-refractivity contribution is 0.667. The lowest BCUT2D eigenvalue weighted by Crippen LogP contribution is -2.01. The number of rotatable bonds is 12. The Morgan fingerprint density at radius 2 is 0.576 bits per heavy atom. The van der Waals surface area contributed by atoms with Crippen molar-refractivity contribution in [2.75, 3.05) is 0 Å². The maximum Gasteiger partial charge on any atom is 0.180 e. The molecule has 125 heavy (non-hydrogen) atoms. The van der Waals surface area contributed by atoms with Gasteiger partial charge in [0, 0.05) is 123 Å². The number of para-hydroxylation sites is 3. The van der Waals surface area contributed by atoms with Crippen molar-refractivity contribution in [2.24, 2.45) is 0 Å². The Morgan fingerprint density at radius 1 is 0.208 bits per heavy atom. The molecule has 0 unspecified atom stereocenters. The van der Waals surface area contributed by atoms with Gasteiger partial charge in [0.05, 0.1) is 11.0 Å². The number of benzene rings is 17. The minimum Gasteiger partial charge on any atom is -0.452 e. The van der Waals surface area contributed by atoms with Gasteiger partial charge >= 0.3 is 0 Å². The second kappa shape index (κ2) is 28.1. The summed E-state index contributed by atoms with van der Waals surface area (Å²) in [5.41, 5.74) is 19.7. The van der Waals surface area contributed by atoms with Gasteiger partial charge in [-0.25, -0.2) is 49.8 Å². The van der Waals surface area contributed by atoms with E-state index in [1.807, 2.05) is 91.0 Å². The molecule has 0 amide bonds. The maximum absolute atomic E-state index is 6.88. The first-order chi connectivity index (χ1) is 61.9. The van der Waals surface area contributed by atoms with Gasteiger partial charge in [-0.1, -0.05) is 285 Å². The van der Waals surface area contributed by atoms with Gasteiger partial charge in [-0.05, 0) is 128 Å². The van der Waals surface area contributed by atoms with Crippen molar-refractivity contribution in [3.63, 3.8) is 0 Å². The number of thiophene rings is 2. The summed E-state index contributed by atoms with van der Waals surface area (Å²) in [4.78, 5) is 54.3. The van der Waals surface area contributed by atoms with Gasteiger partial charge in [0.2, 0.25) is 0 Å². The molecule has 17 aromatic carbocycles. The molecule has 0 aliphatic heterocycles. The van der Waals surface area contributed by atoms with Gasteiger partial charge in [-0.15, -0.1) is 22.7 Å². The zero-order valence-electron chi connectivity index (χ0n) is 66.3. The highest BCUT2D eigenvalue weighted by molar-refractivity contribution is 7.27. The van der Waals surface area contributed by atoms with Gasteiger partial charge in [0.15, 0.2) is 57.8 Å². The summed E-state index contributed by atoms with van der Waals surface area (Å²) in [6.07, 6.45) is 0. The Morgan fingerprint density at radius 3 is 1.14 bits per heavy atom. The zero-order chi connectivity index (χ0) is 81.9. The zero-order valence-corrected chi connectivity index (χ0v) is 67.9. The standard InChI is InChI=1S/C110H61N11O2S2/c1-4-27-62(28-5-1)95-99-97(76-42-15-18-53-88(76)122-99)113-109(111-95)83-49-22-45-79-94-82(48-26-56-91(94)125-101(79)83)108-118-104(64-31-8-3-9-32-64)117-106(120-108)80-46-24-52-87-92(80)75-41-14-17-51-86(75)121(87)69-36-21-34-66(60-69)65-33-20-35-67(59-65)96-100-98(77-43-16-19-54-89(77)123-100)114-110(112-96)84-50-23-44-78-93-81(47-25-55-90(93)124-102(78)84)107-116-103(63-29-6-2-7-30-63)115-105(119-107)68-57-58-74-72-39-11-10-37-70(72)71-38-12-13-40-73(71)85(74)61-68/h1-61H. The summed E-state index contributed by atoms with van der Waals surface area (Å²) >= 11 is 3.44. The number of hydrogen-bond acceptors (Lipinski definition) is 14. The van der Waals surface area contributed by atoms with E-state index in [0.29, 0.717) is 63.5 Å². The van der Waals surface area contributed by atoms with Gasteiger partial charge in [0.1, 0.15) is 33.6 Å². The Labute approximate surface area is 719 Å². The van der Waals surface area contributed by atoms with Crippen LogP contribution in [0.2, 0.25) is 0 Å². The molecule has 0 saturated carbocycles. The van der Waals surface area contributed by atoms with Gasteiger partial charge in [-0.3, -0.25) is 0 Å². The Balaban J connectivity index is 0.580. The molecule has 0 saturated heterocycles. The van der Waals surface area contributed by atoms with Gasteiger partial charge in [0.25, 0.3) is 0 Å². The lowest BCUT2D eigenvalue weighted by atomic mass is 9.93. The van der Waals surface area contributed by atoms with Crippen molar-refractivity contribution < 1.29 is 8.83 Å². The topological polar surface area (TPSA) is 160 Å². The largest absolute Gasteiger partial charge is 0.452 e. The van der Waals surface area contributed by atoms with E-state index < -0.39 is 0 Å². The van der Waals surface area contributed by atoms with E-state index in [1.165, 1.54) is 26.9 Å². The monoisotopic (exact) mass is 1630 g/mol. The maximum atomic E-state index is 6.88. The van der Waals surface area contributed by atoms with Crippen molar-refractivity contribution in [2.45, 2.75) is 0 Å². The molecule has 0 N–H and O–H groups in total. The van der Waals surface area contributed by atoms with Crippen molar-refractivity contribution >= 4 is 161 Å². The number of nitrogens with zero attached hydrogens (tertiary/aromatic N) is 11. The van der Waals surface area contributed by atoms with Crippen LogP contribution in [-0.2, 0) is 0 Å². The Kier molecular flexibility index (Phi) is 15.8. The fourth-order valence-electron chi connectivity index (χ4n) is 18.7. The fourth-order valence-corrected chi connectivity index (χ4v) is 21.2. The van der Waals surface area contributed by atoms with Crippen molar-refractivity contribution in [1.82, 2.24) is 54.4 Å². The third-order valence-electron chi connectivity index (χ3n) is 24.3. The molecule has 0 fully saturated rings. The molecule has 9 aromatic heterocycles. The SMILES string of the molecule is c1ccc(-c2nc(-c3ccc4c5ccccc5c5ccccc5c4c3)nc(-c3cccc4sc5c(-c6nc(-c7cccc(-c8cccc(-n9c%10ccccc%10c%10c(-c%11nc(-c%12ccccc%12)nc(-c%12cccc%13sc%14c(-c%15nc(-c%16ccccc%16)c%16oc%17ccccc%17c%16n%15)cccc%14c%12%13)n%11)cccc%109)c8)c7)c7oc8ccccc8c7n6)cccc5c34)n2)cc1. The van der Waals surface area contributed by atoms with Gasteiger partial charge < -0.3 is 13.4 Å². The van der Waals surface area contributed by atoms with Crippen LogP contribution in [-0.4, -0.2) is 54.4 Å². The van der Waals surface area contributed by atoms with Crippen LogP contribution in [0, 0.1) is 0 Å². The molecular formula is C110H61N11O2S2. The minimum absolute atomic E-state index is 0.554. The van der Waals surface area contributed by atoms with Crippen molar-refractivity contribution in [3.05, 3.63) is 370 Å². The molecule has 26 rings (SSSR count). The summed E-state index contributed by atoms with van der Waals surface area (Å²) in [5, 5.41) is 15.2. The molecule has 0 aliphatic rings. The van der Waals surface area contributed by atoms with Crippen molar-refractivity contribution in [3.8, 4) is 130 Å². The summed E-state index contributed by atoms with van der Waals surface area (Å²) in [6.45, 7) is 0. The molecular weight excluding hydrogens is 1570 g/mol. The van der Waals surface area contributed by atoms with Crippen LogP contribution in [0.25, 0.3) is 269 Å². The number of fused-ring (bicyclic) bond motifs is 21. The molecule has 0 radical (unpaired) electrons. The first-order valence-corrected chi connectivity index (χ1v) is 43.1. The van der Waals surface area contributed by atoms with Crippen LogP contribution in [0.4, 0.5) is 0 Å². The van der Waals surface area contributed by atoms with Crippen LogP contribution >= 0.6 is 22.7 Å². The van der Waals surface area contributed by atoms with Crippen LogP contribution < -0.4 is 0 Å². The number of hydrogen-bond donors (Lipinski definition) is 0. The number of furan rings is 2. The van der Waals surface area contributed by atoms with E-state index in [2.05, 4.69) is 284 Å². The molecule has 0 bridgehead atoms. The molecule has 580 valence electrons. The average molecular weight is 1630 g/mol. The van der Waals surface area contributed by atoms with Crippen LogP contribution in [0.1, 0.15) is 0 Å². The van der Waals surface area contributed by atoms with E-state index in [9.17, 15) is 0 Å². The first kappa shape index (κ1) is 70.4. The molecule has 9 heterocycles. The highest BCUT2D eigenvalue weighted by Crippen LogP contribution is 2.50. The molecule has 0 aliphatic carbocycles. The predicted molar refractivity (Wildman–Crippen MR) is 511 cm³/mol. The minimum atomic E-state index is 0.554. The third-order valence-corrected chi connectivity index (χ3v) is 26.8. The Bertz CT molecular complexity index is 9000. The van der Waals surface area contributed by atoms with E-state index >= 15 is 0 Å². The van der Waals surface area contributed by atoms with E-state index in [4.69, 9.17) is 58.7 Å². The molecule has 0 atom stereocenters. The van der Waals surface area contributed by atoms with Gasteiger partial charge in [-0.2, -0.15) is 0 Å². The molecule has 15 heteroatoms. The summed E-state index contributed by atoms with van der Waals surface area (Å²) in [5.74, 6) is 4.63. The summed E-state index contributed by atoms with van der Waals surface area (Å²) in [7, 11) is 0. The summed E-state index contributed by atoms with van der Waals surface area (Å²) in [6, 6.07) is 129. The first-order valence-electron chi connectivity index (χ1n) is 41.5. The van der Waals surface area contributed by atoms with Crippen LogP contribution in [0.5, 0.6) is 0 Å². The predicted octanol–water partition coefficient (Wildman–Crippen LogP) is 29.1. The second-order valence-electron chi connectivity index (χ2n) is 31.5. The highest BCUT2D eigenvalue weighted by atomic mass is 32.1. The van der Waals surface area contributed by atoms with Crippen molar-refractivity contribution in [1.29, 1.82) is 0 Å². The van der Waals surface area contributed by atoms with Crippen LogP contribution in [0.15, 0.2) is 379 Å². The lowest BCUT2D eigenvalue weighted by Gasteiger charge is -2.13. The molecule has 0 spiro atoms. The molecule has 26 aromatic rings. The van der Waals surface area contributed by atoms with E-state index in [1.54, 1.807) is 22.7 Å². The smallest absolute Gasteiger partial charge is 0.180 e. The quantitative estimate of drug-likeness (QED) is 0.107. The Hall–Kier alpha value is -16.5. The van der Waals surface area contributed by atoms with E-state index in [0.717, 1.165) is 179 Å². The summed E-state index contributed by atoms with van der Waals surface area (Å²) < 4.78 is 20.0. The van der Waals surface area contributed by atoms with Crippen LogP contribution in [0.3, 0.4) is 0 Å². The fraction of sp³-hybridized carbons (Fsp3) is 0. The number of aromatic nitrogens is 11. The molecule has 13 nitrogen and oxygen atoms in total. The highest BCUT2D eigenvalue weighted by Gasteiger charge is 2.28. The normalized spacial score (nSPS) is 12.0.